The van der Waals surface area contributed by atoms with Crippen molar-refractivity contribution in [2.45, 2.75) is 33.2 Å². The lowest BCUT2D eigenvalue weighted by Crippen LogP contribution is -2.36. The van der Waals surface area contributed by atoms with Crippen molar-refractivity contribution in [1.82, 2.24) is 0 Å². The third-order valence-electron chi connectivity index (χ3n) is 3.31. The Morgan fingerprint density at radius 1 is 1.47 bits per heavy atom. The maximum absolute atomic E-state index is 13.9. The predicted octanol–water partition coefficient (Wildman–Crippen LogP) is 3.28. The van der Waals surface area contributed by atoms with Crippen molar-refractivity contribution in [3.63, 3.8) is 0 Å². The van der Waals surface area contributed by atoms with Crippen LogP contribution in [0.4, 0.5) is 10.1 Å². The fourth-order valence-corrected chi connectivity index (χ4v) is 2.09. The van der Waals surface area contributed by atoms with Crippen LogP contribution in [0.15, 0.2) is 18.2 Å². The van der Waals surface area contributed by atoms with Gasteiger partial charge in [0.15, 0.2) is 5.78 Å². The highest BCUT2D eigenvalue weighted by molar-refractivity contribution is 6.00. The van der Waals surface area contributed by atoms with Gasteiger partial charge in [-0.25, -0.2) is 4.39 Å². The second-order valence-electron chi connectivity index (χ2n) is 4.63. The van der Waals surface area contributed by atoms with Gasteiger partial charge in [-0.05, 0) is 32.4 Å². The van der Waals surface area contributed by atoms with Gasteiger partial charge in [0.2, 0.25) is 0 Å². The van der Waals surface area contributed by atoms with Crippen molar-refractivity contribution in [2.75, 3.05) is 25.2 Å². The molecule has 0 aromatic heterocycles. The van der Waals surface area contributed by atoms with Crippen LogP contribution in [0.25, 0.3) is 0 Å². The molecule has 0 aliphatic carbocycles. The van der Waals surface area contributed by atoms with Gasteiger partial charge in [0.25, 0.3) is 0 Å². The third-order valence-corrected chi connectivity index (χ3v) is 3.31. The van der Waals surface area contributed by atoms with Gasteiger partial charge < -0.3 is 9.64 Å². The molecular formula is C15H22FNO2. The number of ketones is 1. The Hall–Kier alpha value is -1.42. The molecule has 1 aromatic carbocycles. The van der Waals surface area contributed by atoms with E-state index in [0.717, 1.165) is 6.42 Å². The van der Waals surface area contributed by atoms with Crippen molar-refractivity contribution < 1.29 is 13.9 Å². The molecule has 1 rings (SSSR count). The number of ether oxygens (including phenoxy) is 1. The number of benzene rings is 1. The van der Waals surface area contributed by atoms with E-state index in [2.05, 4.69) is 13.8 Å². The standard InChI is InChI=1S/C15H22FNO2/c1-5-11(2)17(9-10-19-4)14-8-6-7-13(16)15(14)12(3)18/h6-8,11H,5,9-10H2,1-4H3. The lowest BCUT2D eigenvalue weighted by atomic mass is 10.1. The average Bonchev–Trinajstić information content (AvgIpc) is 2.38. The molecule has 0 aliphatic heterocycles. The fraction of sp³-hybridized carbons (Fsp3) is 0.533. The van der Waals surface area contributed by atoms with Crippen molar-refractivity contribution >= 4 is 11.5 Å². The maximum atomic E-state index is 13.9. The Labute approximate surface area is 114 Å². The molecule has 1 atom stereocenters. The van der Waals surface area contributed by atoms with E-state index in [1.807, 2.05) is 4.90 Å². The van der Waals surface area contributed by atoms with Crippen molar-refractivity contribution in [3.8, 4) is 0 Å². The van der Waals surface area contributed by atoms with Crippen LogP contribution in [0.5, 0.6) is 0 Å². The first kappa shape index (κ1) is 15.6. The average molecular weight is 267 g/mol. The van der Waals surface area contributed by atoms with E-state index in [4.69, 9.17) is 4.74 Å². The molecule has 0 N–H and O–H groups in total. The minimum atomic E-state index is -0.462. The summed E-state index contributed by atoms with van der Waals surface area (Å²) in [4.78, 5) is 13.7. The Morgan fingerprint density at radius 3 is 2.68 bits per heavy atom. The van der Waals surface area contributed by atoms with Crippen molar-refractivity contribution in [3.05, 3.63) is 29.6 Å². The summed E-state index contributed by atoms with van der Waals surface area (Å²) in [6, 6.07) is 4.97. The molecule has 0 radical (unpaired) electrons. The van der Waals surface area contributed by atoms with E-state index >= 15 is 0 Å². The van der Waals surface area contributed by atoms with Crippen molar-refractivity contribution in [2.24, 2.45) is 0 Å². The number of halogens is 1. The Bertz CT molecular complexity index is 434. The minimum Gasteiger partial charge on any atom is -0.383 e. The second-order valence-corrected chi connectivity index (χ2v) is 4.63. The summed E-state index contributed by atoms with van der Waals surface area (Å²) in [5.74, 6) is -0.713. The van der Waals surface area contributed by atoms with Crippen LogP contribution in [0.1, 0.15) is 37.6 Å². The van der Waals surface area contributed by atoms with Gasteiger partial charge in [-0.3, -0.25) is 4.79 Å². The van der Waals surface area contributed by atoms with Gasteiger partial charge in [0.05, 0.1) is 17.9 Å². The van der Waals surface area contributed by atoms with Crippen LogP contribution >= 0.6 is 0 Å². The predicted molar refractivity (Wildman–Crippen MR) is 75.4 cm³/mol. The fourth-order valence-electron chi connectivity index (χ4n) is 2.09. The number of anilines is 1. The first-order chi connectivity index (χ1) is 9.02. The highest BCUT2D eigenvalue weighted by Gasteiger charge is 2.20. The zero-order chi connectivity index (χ0) is 14.4. The molecule has 4 heteroatoms. The lowest BCUT2D eigenvalue weighted by Gasteiger charge is -2.32. The first-order valence-corrected chi connectivity index (χ1v) is 6.57. The summed E-state index contributed by atoms with van der Waals surface area (Å²) in [7, 11) is 1.63. The number of rotatable bonds is 7. The quantitative estimate of drug-likeness (QED) is 0.710. The Morgan fingerprint density at radius 2 is 2.16 bits per heavy atom. The van der Waals surface area contributed by atoms with Gasteiger partial charge in [0.1, 0.15) is 5.82 Å². The zero-order valence-corrected chi connectivity index (χ0v) is 12.1. The smallest absolute Gasteiger partial charge is 0.164 e. The van der Waals surface area contributed by atoms with Crippen LogP contribution in [0.3, 0.4) is 0 Å². The largest absolute Gasteiger partial charge is 0.383 e. The molecule has 0 heterocycles. The highest BCUT2D eigenvalue weighted by atomic mass is 19.1. The molecule has 0 bridgehead atoms. The van der Waals surface area contributed by atoms with Gasteiger partial charge in [-0.1, -0.05) is 13.0 Å². The molecule has 3 nitrogen and oxygen atoms in total. The van der Waals surface area contributed by atoms with Gasteiger partial charge >= 0.3 is 0 Å². The van der Waals surface area contributed by atoms with E-state index in [9.17, 15) is 9.18 Å². The number of Topliss-reactive ketones (excluding diaryl/α,β-unsaturated/α-hetero) is 1. The van der Waals surface area contributed by atoms with E-state index in [0.29, 0.717) is 18.8 Å². The normalized spacial score (nSPS) is 12.3. The Kier molecular flexibility index (Phi) is 5.96. The highest BCUT2D eigenvalue weighted by Crippen LogP contribution is 2.26. The summed E-state index contributed by atoms with van der Waals surface area (Å²) in [5.41, 5.74) is 0.817. The molecule has 0 aliphatic rings. The van der Waals surface area contributed by atoms with E-state index in [-0.39, 0.29) is 17.4 Å². The molecule has 0 fully saturated rings. The second kappa shape index (κ2) is 7.24. The monoisotopic (exact) mass is 267 g/mol. The number of carbonyl (C=O) groups is 1. The van der Waals surface area contributed by atoms with Crippen LogP contribution in [-0.4, -0.2) is 32.1 Å². The number of methoxy groups -OCH3 is 1. The molecule has 0 saturated heterocycles. The maximum Gasteiger partial charge on any atom is 0.164 e. The molecule has 0 saturated carbocycles. The lowest BCUT2D eigenvalue weighted by molar-refractivity contribution is 0.101. The van der Waals surface area contributed by atoms with Crippen LogP contribution in [-0.2, 0) is 4.74 Å². The SMILES string of the molecule is CCC(C)N(CCOC)c1cccc(F)c1C(C)=O. The first-order valence-electron chi connectivity index (χ1n) is 6.57. The molecule has 0 amide bonds. The molecule has 19 heavy (non-hydrogen) atoms. The topological polar surface area (TPSA) is 29.5 Å². The number of nitrogens with zero attached hydrogens (tertiary/aromatic N) is 1. The summed E-state index contributed by atoms with van der Waals surface area (Å²) in [5, 5.41) is 0. The van der Waals surface area contributed by atoms with Gasteiger partial charge in [0, 0.05) is 19.7 Å². The van der Waals surface area contributed by atoms with Gasteiger partial charge in [-0.15, -0.1) is 0 Å². The van der Waals surface area contributed by atoms with Crippen LogP contribution in [0, 0.1) is 5.82 Å². The van der Waals surface area contributed by atoms with E-state index in [1.54, 1.807) is 19.2 Å². The molecular weight excluding hydrogens is 245 g/mol. The molecule has 1 unspecified atom stereocenters. The summed E-state index contributed by atoms with van der Waals surface area (Å²) >= 11 is 0. The number of hydrogen-bond acceptors (Lipinski definition) is 3. The van der Waals surface area contributed by atoms with E-state index < -0.39 is 5.82 Å². The molecule has 1 aromatic rings. The number of hydrogen-bond donors (Lipinski definition) is 0. The van der Waals surface area contributed by atoms with Crippen LogP contribution < -0.4 is 4.90 Å². The summed E-state index contributed by atoms with van der Waals surface area (Å²) in [6.45, 7) is 6.70. The van der Waals surface area contributed by atoms with Crippen molar-refractivity contribution in [1.29, 1.82) is 0 Å². The van der Waals surface area contributed by atoms with Crippen LogP contribution in [0.2, 0.25) is 0 Å². The zero-order valence-electron chi connectivity index (χ0n) is 12.1. The van der Waals surface area contributed by atoms with E-state index in [1.165, 1.54) is 13.0 Å². The molecule has 0 spiro atoms. The number of carbonyl (C=O) groups excluding carboxylic acids is 1. The Balaban J connectivity index is 3.21. The minimum absolute atomic E-state index is 0.166. The third kappa shape index (κ3) is 3.77. The van der Waals surface area contributed by atoms with Gasteiger partial charge in [-0.2, -0.15) is 0 Å². The molecule has 106 valence electrons. The summed E-state index contributed by atoms with van der Waals surface area (Å²) < 4.78 is 19.0. The summed E-state index contributed by atoms with van der Waals surface area (Å²) in [6.07, 6.45) is 0.914.